The molecule has 0 rings (SSSR count). The first-order valence-corrected chi connectivity index (χ1v) is 6.07. The molecule has 3 heteroatoms. The van der Waals surface area contributed by atoms with Crippen molar-refractivity contribution in [2.75, 3.05) is 19.6 Å². The summed E-state index contributed by atoms with van der Waals surface area (Å²) in [6.07, 6.45) is 8.09. The van der Waals surface area contributed by atoms with Crippen LogP contribution in [0.4, 0.5) is 0 Å². The van der Waals surface area contributed by atoms with Gasteiger partial charge < -0.3 is 10.4 Å². The number of hydrogen-bond acceptors (Lipinski definition) is 2. The summed E-state index contributed by atoms with van der Waals surface area (Å²) in [4.78, 5) is 2.64. The van der Waals surface area contributed by atoms with Crippen molar-refractivity contribution in [3.8, 4) is 0 Å². The molecule has 2 nitrogen and oxygen atoms in total. The number of nitrogens with zero attached hydrogens (tertiary/aromatic N) is 1. The summed E-state index contributed by atoms with van der Waals surface area (Å²) in [7, 11) is 0. The maximum atomic E-state index is 2.64. The molecule has 1 N–H and O–H groups in total. The molecule has 0 saturated carbocycles. The largest absolute Gasteiger partial charge is 1.00 e. The molecule has 88 valence electrons. The Bertz CT molecular complexity index is 82.6. The predicted octanol–water partition coefficient (Wildman–Crippen LogP) is 0.516. The first-order valence-electron chi connectivity index (χ1n) is 6.07. The first kappa shape index (κ1) is 21.8. The van der Waals surface area contributed by atoms with Crippen molar-refractivity contribution < 1.29 is 56.9 Å². The predicted molar refractivity (Wildman–Crippen MR) is 63.1 cm³/mol. The van der Waals surface area contributed by atoms with E-state index in [2.05, 4.69) is 25.7 Å². The van der Waals surface area contributed by atoms with Crippen LogP contribution in [0.25, 0.3) is 0 Å². The van der Waals surface area contributed by atoms with Crippen LogP contribution in [0.1, 0.15) is 59.3 Å². The van der Waals surface area contributed by atoms with E-state index in [-0.39, 0.29) is 56.9 Å². The van der Waals surface area contributed by atoms with Gasteiger partial charge in [0.05, 0.1) is 0 Å². The Labute approximate surface area is 139 Å². The van der Waals surface area contributed by atoms with E-state index in [1.54, 1.807) is 0 Å². The van der Waals surface area contributed by atoms with Crippen molar-refractivity contribution in [1.82, 2.24) is 4.90 Å². The number of rotatable bonds is 9. The molecule has 0 unspecified atom stereocenters. The Balaban J connectivity index is -0.000000720. The van der Waals surface area contributed by atoms with Gasteiger partial charge in [-0.1, -0.05) is 40.0 Å². The van der Waals surface area contributed by atoms with Crippen LogP contribution in [0.5, 0.6) is 0 Å². The minimum atomic E-state index is 0. The van der Waals surface area contributed by atoms with Gasteiger partial charge in [0.2, 0.25) is 0 Å². The van der Waals surface area contributed by atoms with Crippen LogP contribution in [0.2, 0.25) is 0 Å². The van der Waals surface area contributed by atoms with E-state index in [9.17, 15) is 0 Å². The Morgan fingerprint density at radius 2 is 0.933 bits per heavy atom. The van der Waals surface area contributed by atoms with Gasteiger partial charge >= 0.3 is 51.4 Å². The third-order valence-electron chi connectivity index (χ3n) is 2.48. The average Bonchev–Trinajstić information content (AvgIpc) is 2.17. The molecule has 0 spiro atoms. The van der Waals surface area contributed by atoms with Gasteiger partial charge in [-0.25, -0.2) is 0 Å². The molecule has 0 aromatic carbocycles. The molecular formula is C12H28KNO. The molecule has 0 aromatic rings. The van der Waals surface area contributed by atoms with Gasteiger partial charge in [0.1, 0.15) is 0 Å². The Kier molecular flexibility index (Phi) is 26.1. The van der Waals surface area contributed by atoms with Crippen molar-refractivity contribution in [2.24, 2.45) is 0 Å². The van der Waals surface area contributed by atoms with E-state index < -0.39 is 0 Å². The molecule has 0 saturated heterocycles. The first-order chi connectivity index (χ1) is 6.35. The summed E-state index contributed by atoms with van der Waals surface area (Å²) in [6.45, 7) is 10.8. The maximum Gasteiger partial charge on any atom is 1.00 e. The Morgan fingerprint density at radius 3 is 1.13 bits per heavy atom. The van der Waals surface area contributed by atoms with Gasteiger partial charge in [-0.05, 0) is 38.9 Å². The fourth-order valence-electron chi connectivity index (χ4n) is 1.48. The standard InChI is InChI=1S/C12H27N.K.H2O/c1-4-7-10-13(11-8-5-2)12-9-6-3;;/h4-12H2,1-3H3;;1H2/q;+1;/p-1. The van der Waals surface area contributed by atoms with E-state index in [0.717, 1.165) is 0 Å². The maximum absolute atomic E-state index is 2.64. The molecule has 0 aromatic heterocycles. The third-order valence-corrected chi connectivity index (χ3v) is 2.48. The third kappa shape index (κ3) is 15.6. The van der Waals surface area contributed by atoms with Gasteiger partial charge in [0, 0.05) is 0 Å². The second-order valence-electron chi connectivity index (χ2n) is 3.90. The van der Waals surface area contributed by atoms with Crippen LogP contribution in [0.3, 0.4) is 0 Å². The second-order valence-corrected chi connectivity index (χ2v) is 3.90. The minimum absolute atomic E-state index is 0. The van der Waals surface area contributed by atoms with E-state index in [1.807, 2.05) is 0 Å². The molecular weight excluding hydrogens is 213 g/mol. The molecule has 0 atom stereocenters. The quantitative estimate of drug-likeness (QED) is 0.551. The van der Waals surface area contributed by atoms with Gasteiger partial charge in [-0.15, -0.1) is 0 Å². The van der Waals surface area contributed by atoms with E-state index in [4.69, 9.17) is 0 Å². The zero-order valence-electron chi connectivity index (χ0n) is 11.3. The molecule has 0 radical (unpaired) electrons. The molecule has 15 heavy (non-hydrogen) atoms. The molecule has 0 amide bonds. The SMILES string of the molecule is CCCCN(CCCC)CCCC.[K+].[OH-]. The molecule has 0 bridgehead atoms. The van der Waals surface area contributed by atoms with Crippen molar-refractivity contribution in [3.05, 3.63) is 0 Å². The van der Waals surface area contributed by atoms with Crippen molar-refractivity contribution >= 4 is 0 Å². The molecule has 0 aliphatic heterocycles. The fraction of sp³-hybridized carbons (Fsp3) is 1.00. The Hall–Kier alpha value is 1.56. The van der Waals surface area contributed by atoms with Crippen LogP contribution >= 0.6 is 0 Å². The summed E-state index contributed by atoms with van der Waals surface area (Å²) in [5, 5.41) is 0. The normalized spacial score (nSPS) is 9.60. The van der Waals surface area contributed by atoms with E-state index in [1.165, 1.54) is 58.2 Å². The van der Waals surface area contributed by atoms with Gasteiger partial charge in [0.25, 0.3) is 0 Å². The summed E-state index contributed by atoms with van der Waals surface area (Å²) >= 11 is 0. The topological polar surface area (TPSA) is 33.2 Å². The van der Waals surface area contributed by atoms with E-state index in [0.29, 0.717) is 0 Å². The summed E-state index contributed by atoms with van der Waals surface area (Å²) in [5.74, 6) is 0. The monoisotopic (exact) mass is 241 g/mol. The smallest absolute Gasteiger partial charge is 0.870 e. The number of hydrogen-bond donors (Lipinski definition) is 0. The fourth-order valence-corrected chi connectivity index (χ4v) is 1.48. The second kappa shape index (κ2) is 17.9. The molecule has 0 fully saturated rings. The summed E-state index contributed by atoms with van der Waals surface area (Å²) in [5.41, 5.74) is 0. The van der Waals surface area contributed by atoms with Crippen LogP contribution in [-0.2, 0) is 0 Å². The van der Waals surface area contributed by atoms with Gasteiger partial charge in [-0.3, -0.25) is 0 Å². The van der Waals surface area contributed by atoms with Crippen LogP contribution < -0.4 is 51.4 Å². The summed E-state index contributed by atoms with van der Waals surface area (Å²) in [6, 6.07) is 0. The van der Waals surface area contributed by atoms with Crippen molar-refractivity contribution in [1.29, 1.82) is 0 Å². The van der Waals surface area contributed by atoms with Crippen molar-refractivity contribution in [2.45, 2.75) is 59.3 Å². The molecule has 0 aliphatic rings. The Morgan fingerprint density at radius 1 is 0.667 bits per heavy atom. The zero-order valence-corrected chi connectivity index (χ0v) is 14.4. The van der Waals surface area contributed by atoms with Crippen LogP contribution in [0, 0.1) is 0 Å². The minimum Gasteiger partial charge on any atom is -0.870 e. The summed E-state index contributed by atoms with van der Waals surface area (Å²) < 4.78 is 0. The average molecular weight is 241 g/mol. The van der Waals surface area contributed by atoms with Crippen LogP contribution in [-0.4, -0.2) is 30.0 Å². The molecule has 0 aliphatic carbocycles. The zero-order chi connectivity index (χ0) is 9.94. The number of unbranched alkanes of at least 4 members (excludes halogenated alkanes) is 3. The van der Waals surface area contributed by atoms with Crippen LogP contribution in [0.15, 0.2) is 0 Å². The van der Waals surface area contributed by atoms with E-state index >= 15 is 0 Å². The van der Waals surface area contributed by atoms with Crippen molar-refractivity contribution in [3.63, 3.8) is 0 Å². The molecule has 0 heterocycles. The van der Waals surface area contributed by atoms with Gasteiger partial charge in [-0.2, -0.15) is 0 Å². The van der Waals surface area contributed by atoms with Gasteiger partial charge in [0.15, 0.2) is 0 Å².